The lowest BCUT2D eigenvalue weighted by atomic mass is 10.1. The third kappa shape index (κ3) is 3.84. The first kappa shape index (κ1) is 16.3. The van der Waals surface area contributed by atoms with Crippen LogP contribution in [0.5, 0.6) is 11.5 Å². The molecule has 1 aromatic rings. The summed E-state index contributed by atoms with van der Waals surface area (Å²) in [5.41, 5.74) is 0.207. The van der Waals surface area contributed by atoms with Crippen LogP contribution in [0.25, 0.3) is 6.08 Å². The quantitative estimate of drug-likeness (QED) is 0.396. The third-order valence-corrected chi connectivity index (χ3v) is 4.33. The number of nitrogens with one attached hydrogen (secondary N) is 1. The Kier molecular flexibility index (Phi) is 4.98. The summed E-state index contributed by atoms with van der Waals surface area (Å²) in [5, 5.41) is 14.2. The first-order valence-electron chi connectivity index (χ1n) is 8.20. The number of amides is 1. The van der Waals surface area contributed by atoms with E-state index in [0.29, 0.717) is 17.1 Å². The van der Waals surface area contributed by atoms with Gasteiger partial charge in [-0.25, -0.2) is 0 Å². The van der Waals surface area contributed by atoms with E-state index in [1.807, 2.05) is 0 Å². The third-order valence-electron chi connectivity index (χ3n) is 4.33. The second-order valence-electron chi connectivity index (χ2n) is 6.05. The fourth-order valence-corrected chi connectivity index (χ4v) is 3.08. The van der Waals surface area contributed by atoms with Crippen LogP contribution in [0.2, 0.25) is 0 Å². The van der Waals surface area contributed by atoms with Gasteiger partial charge in [0.2, 0.25) is 12.7 Å². The number of hydrogen-bond acceptors (Lipinski definition) is 5. The number of benzene rings is 1. The van der Waals surface area contributed by atoms with Gasteiger partial charge in [-0.1, -0.05) is 25.7 Å². The first-order chi connectivity index (χ1) is 11.6. The molecule has 128 valence electrons. The van der Waals surface area contributed by atoms with Crippen molar-refractivity contribution < 1.29 is 19.2 Å². The van der Waals surface area contributed by atoms with E-state index >= 15 is 0 Å². The Balaban J connectivity index is 1.71. The number of carbonyl (C=O) groups excluding carboxylic acids is 1. The van der Waals surface area contributed by atoms with Crippen molar-refractivity contribution >= 4 is 17.7 Å². The SMILES string of the molecule is O=C(/C=C/c1cc2c(cc1[N+](=O)[O-])OCO2)NC1CCCCCC1. The van der Waals surface area contributed by atoms with E-state index < -0.39 is 4.92 Å². The molecule has 1 saturated carbocycles. The molecule has 1 N–H and O–H groups in total. The average molecular weight is 332 g/mol. The van der Waals surface area contributed by atoms with Crippen LogP contribution in [-0.4, -0.2) is 23.7 Å². The molecule has 2 aliphatic rings. The van der Waals surface area contributed by atoms with Crippen LogP contribution in [0.1, 0.15) is 44.1 Å². The summed E-state index contributed by atoms with van der Waals surface area (Å²) in [4.78, 5) is 22.8. The highest BCUT2D eigenvalue weighted by Crippen LogP contribution is 2.38. The van der Waals surface area contributed by atoms with Gasteiger partial charge in [-0.3, -0.25) is 14.9 Å². The van der Waals surface area contributed by atoms with Crippen molar-refractivity contribution in [2.24, 2.45) is 0 Å². The fourth-order valence-electron chi connectivity index (χ4n) is 3.08. The number of nitro benzene ring substituents is 1. The van der Waals surface area contributed by atoms with Crippen LogP contribution >= 0.6 is 0 Å². The maximum atomic E-state index is 12.1. The number of rotatable bonds is 4. The van der Waals surface area contributed by atoms with E-state index in [9.17, 15) is 14.9 Å². The molecular formula is C17H20N2O5. The van der Waals surface area contributed by atoms with Crippen LogP contribution in [0.4, 0.5) is 5.69 Å². The lowest BCUT2D eigenvalue weighted by Crippen LogP contribution is -2.33. The number of nitro groups is 1. The molecular weight excluding hydrogens is 312 g/mol. The minimum Gasteiger partial charge on any atom is -0.454 e. The predicted octanol–water partition coefficient (Wildman–Crippen LogP) is 3.18. The number of carbonyl (C=O) groups is 1. The van der Waals surface area contributed by atoms with E-state index in [2.05, 4.69) is 5.32 Å². The molecule has 1 heterocycles. The molecule has 0 aromatic heterocycles. The highest BCUT2D eigenvalue weighted by atomic mass is 16.7. The average Bonchev–Trinajstić information content (AvgIpc) is 2.87. The molecule has 1 aliphatic heterocycles. The smallest absolute Gasteiger partial charge is 0.280 e. The van der Waals surface area contributed by atoms with Gasteiger partial charge in [0.1, 0.15) is 0 Å². The van der Waals surface area contributed by atoms with Gasteiger partial charge >= 0.3 is 0 Å². The van der Waals surface area contributed by atoms with Crippen molar-refractivity contribution in [3.8, 4) is 11.5 Å². The highest BCUT2D eigenvalue weighted by Gasteiger charge is 2.22. The molecule has 3 rings (SSSR count). The van der Waals surface area contributed by atoms with Crippen LogP contribution in [0.15, 0.2) is 18.2 Å². The van der Waals surface area contributed by atoms with Crippen molar-refractivity contribution in [1.29, 1.82) is 0 Å². The van der Waals surface area contributed by atoms with E-state index in [1.165, 1.54) is 37.1 Å². The van der Waals surface area contributed by atoms with E-state index in [0.717, 1.165) is 25.7 Å². The molecule has 0 saturated heterocycles. The Morgan fingerprint density at radius 1 is 1.17 bits per heavy atom. The van der Waals surface area contributed by atoms with Gasteiger partial charge in [0, 0.05) is 12.1 Å². The molecule has 7 heteroatoms. The van der Waals surface area contributed by atoms with E-state index in [1.54, 1.807) is 0 Å². The zero-order valence-corrected chi connectivity index (χ0v) is 13.3. The summed E-state index contributed by atoms with van der Waals surface area (Å²) in [6, 6.07) is 3.04. The Labute approximate surface area is 139 Å². The van der Waals surface area contributed by atoms with Crippen molar-refractivity contribution in [1.82, 2.24) is 5.32 Å². The van der Waals surface area contributed by atoms with Gasteiger partial charge in [-0.05, 0) is 25.0 Å². The van der Waals surface area contributed by atoms with Crippen LogP contribution in [-0.2, 0) is 4.79 Å². The summed E-state index contributed by atoms with van der Waals surface area (Å²) in [6.45, 7) is 0.0435. The van der Waals surface area contributed by atoms with Gasteiger partial charge in [0.25, 0.3) is 5.69 Å². The van der Waals surface area contributed by atoms with Crippen molar-refractivity contribution in [3.63, 3.8) is 0 Å². The summed E-state index contributed by atoms with van der Waals surface area (Å²) >= 11 is 0. The highest BCUT2D eigenvalue weighted by molar-refractivity contribution is 5.92. The van der Waals surface area contributed by atoms with Gasteiger partial charge in [-0.2, -0.15) is 0 Å². The molecule has 1 amide bonds. The monoisotopic (exact) mass is 332 g/mol. The summed E-state index contributed by atoms with van der Waals surface area (Å²) in [5.74, 6) is 0.569. The lowest BCUT2D eigenvalue weighted by Gasteiger charge is -2.14. The second kappa shape index (κ2) is 7.33. The van der Waals surface area contributed by atoms with Crippen LogP contribution in [0.3, 0.4) is 0 Å². The van der Waals surface area contributed by atoms with Gasteiger partial charge in [0.15, 0.2) is 11.5 Å². The zero-order valence-electron chi connectivity index (χ0n) is 13.3. The number of nitrogens with zero attached hydrogens (tertiary/aromatic N) is 1. The number of ether oxygens (including phenoxy) is 2. The van der Waals surface area contributed by atoms with Crippen LogP contribution in [0, 0.1) is 10.1 Å². The minimum absolute atomic E-state index is 0.0435. The largest absolute Gasteiger partial charge is 0.454 e. The minimum atomic E-state index is -0.495. The summed E-state index contributed by atoms with van der Waals surface area (Å²) < 4.78 is 10.4. The van der Waals surface area contributed by atoms with Crippen molar-refractivity contribution in [3.05, 3.63) is 33.9 Å². The normalized spacial score (nSPS) is 17.7. The molecule has 1 aliphatic carbocycles. The Morgan fingerprint density at radius 3 is 2.50 bits per heavy atom. The Morgan fingerprint density at radius 2 is 1.83 bits per heavy atom. The first-order valence-corrected chi connectivity index (χ1v) is 8.20. The van der Waals surface area contributed by atoms with Gasteiger partial charge < -0.3 is 14.8 Å². The fraction of sp³-hybridized carbons (Fsp3) is 0.471. The molecule has 24 heavy (non-hydrogen) atoms. The van der Waals surface area contributed by atoms with E-state index in [-0.39, 0.29) is 24.4 Å². The number of hydrogen-bond donors (Lipinski definition) is 1. The van der Waals surface area contributed by atoms with Gasteiger partial charge in [-0.15, -0.1) is 0 Å². The Bertz CT molecular complexity index is 663. The molecule has 0 bridgehead atoms. The summed E-state index contributed by atoms with van der Waals surface area (Å²) in [7, 11) is 0. The van der Waals surface area contributed by atoms with E-state index in [4.69, 9.17) is 9.47 Å². The number of fused-ring (bicyclic) bond motifs is 1. The topological polar surface area (TPSA) is 90.7 Å². The molecule has 0 unspecified atom stereocenters. The molecule has 7 nitrogen and oxygen atoms in total. The van der Waals surface area contributed by atoms with Gasteiger partial charge in [0.05, 0.1) is 16.6 Å². The van der Waals surface area contributed by atoms with Crippen molar-refractivity contribution in [2.75, 3.05) is 6.79 Å². The summed E-state index contributed by atoms with van der Waals surface area (Å²) in [6.07, 6.45) is 9.46. The standard InChI is InChI=1S/C17H20N2O5/c20-17(18-13-5-3-1-2-4-6-13)8-7-12-9-15-16(24-11-23-15)10-14(12)19(21)22/h7-10,13H,1-6,11H2,(H,18,20)/b8-7+. The van der Waals surface area contributed by atoms with Crippen LogP contribution < -0.4 is 14.8 Å². The maximum absolute atomic E-state index is 12.1. The lowest BCUT2D eigenvalue weighted by molar-refractivity contribution is -0.385. The molecule has 1 aromatic carbocycles. The maximum Gasteiger partial charge on any atom is 0.280 e. The van der Waals surface area contributed by atoms with Crippen molar-refractivity contribution in [2.45, 2.75) is 44.6 Å². The second-order valence-corrected chi connectivity index (χ2v) is 6.05. The Hall–Kier alpha value is -2.57. The molecule has 1 fully saturated rings. The predicted molar refractivity (Wildman–Crippen MR) is 87.9 cm³/mol. The molecule has 0 radical (unpaired) electrons. The zero-order chi connectivity index (χ0) is 16.9. The molecule has 0 spiro atoms. The molecule has 0 atom stereocenters.